The summed E-state index contributed by atoms with van der Waals surface area (Å²) in [4.78, 5) is 28.3. The van der Waals surface area contributed by atoms with E-state index < -0.39 is 4.92 Å². The molecule has 0 saturated carbocycles. The number of nitrogens with zero attached hydrogens (tertiary/aromatic N) is 3. The average Bonchev–Trinajstić information content (AvgIpc) is 2.41. The quantitative estimate of drug-likeness (QED) is 0.475. The smallest absolute Gasteiger partial charge is 0.321 e. The number of aromatic nitrogens is 2. The number of carbonyl (C=O) groups excluding carboxylic acids is 1. The molecule has 2 aromatic rings. The van der Waals surface area contributed by atoms with Crippen LogP contribution in [0.15, 0.2) is 30.6 Å². The molecule has 7 heteroatoms. The maximum Gasteiger partial charge on any atom is 0.321 e. The summed E-state index contributed by atoms with van der Waals surface area (Å²) in [6.07, 6.45) is 3.28. The topological polar surface area (TPSA) is 95.2 Å². The number of ether oxygens (including phenoxy) is 1. The van der Waals surface area contributed by atoms with E-state index in [9.17, 15) is 14.9 Å². The first-order valence-corrected chi connectivity index (χ1v) is 5.30. The molecule has 0 fully saturated rings. The highest BCUT2D eigenvalue weighted by Crippen LogP contribution is 2.26. The second kappa shape index (κ2) is 5.21. The van der Waals surface area contributed by atoms with E-state index >= 15 is 0 Å². The number of aryl methyl sites for hydroxylation is 1. The van der Waals surface area contributed by atoms with Gasteiger partial charge in [0.1, 0.15) is 5.75 Å². The lowest BCUT2D eigenvalue weighted by atomic mass is 10.2. The SMILES string of the molecule is Cc1cc([N+](=O)[O-])ccc1Oc1ncc(C=O)cn1. The molecule has 0 unspecified atom stereocenters. The van der Waals surface area contributed by atoms with Gasteiger partial charge in [-0.3, -0.25) is 14.9 Å². The lowest BCUT2D eigenvalue weighted by Crippen LogP contribution is -1.95. The molecule has 1 heterocycles. The lowest BCUT2D eigenvalue weighted by Gasteiger charge is -2.06. The minimum absolute atomic E-state index is 0.0120. The number of hydrogen-bond acceptors (Lipinski definition) is 6. The van der Waals surface area contributed by atoms with Crippen LogP contribution in [0.2, 0.25) is 0 Å². The van der Waals surface area contributed by atoms with E-state index in [4.69, 9.17) is 4.74 Å². The zero-order valence-corrected chi connectivity index (χ0v) is 9.94. The Balaban J connectivity index is 2.22. The van der Waals surface area contributed by atoms with Gasteiger partial charge < -0.3 is 4.74 Å². The van der Waals surface area contributed by atoms with Crippen LogP contribution in [0.1, 0.15) is 15.9 Å². The molecule has 0 aliphatic heterocycles. The molecule has 0 atom stereocenters. The fourth-order valence-corrected chi connectivity index (χ4v) is 1.40. The van der Waals surface area contributed by atoms with E-state index in [1.165, 1.54) is 30.6 Å². The van der Waals surface area contributed by atoms with Gasteiger partial charge in [-0.1, -0.05) is 0 Å². The monoisotopic (exact) mass is 259 g/mol. The number of aldehydes is 1. The molecule has 0 radical (unpaired) electrons. The summed E-state index contributed by atoms with van der Waals surface area (Å²) in [5.41, 5.74) is 0.923. The van der Waals surface area contributed by atoms with E-state index in [-0.39, 0.29) is 11.7 Å². The highest BCUT2D eigenvalue weighted by atomic mass is 16.6. The molecule has 2 rings (SSSR count). The summed E-state index contributed by atoms with van der Waals surface area (Å²) in [5, 5.41) is 10.6. The number of nitro groups is 1. The predicted molar refractivity (Wildman–Crippen MR) is 65.3 cm³/mol. The van der Waals surface area contributed by atoms with Crippen molar-refractivity contribution in [1.82, 2.24) is 9.97 Å². The number of carbonyl (C=O) groups is 1. The summed E-state index contributed by atoms with van der Waals surface area (Å²) < 4.78 is 5.38. The Bertz CT molecular complexity index is 625. The number of benzene rings is 1. The van der Waals surface area contributed by atoms with Crippen LogP contribution in [0.3, 0.4) is 0 Å². The Morgan fingerprint density at radius 2 is 2.00 bits per heavy atom. The molecule has 0 N–H and O–H groups in total. The fourth-order valence-electron chi connectivity index (χ4n) is 1.40. The molecule has 0 aliphatic carbocycles. The van der Waals surface area contributed by atoms with E-state index in [1.807, 2.05) is 0 Å². The zero-order chi connectivity index (χ0) is 13.8. The van der Waals surface area contributed by atoms with Crippen LogP contribution < -0.4 is 4.74 Å². The van der Waals surface area contributed by atoms with Gasteiger partial charge in [-0.15, -0.1) is 0 Å². The fraction of sp³-hybridized carbons (Fsp3) is 0.0833. The van der Waals surface area contributed by atoms with Crippen molar-refractivity contribution in [2.24, 2.45) is 0 Å². The number of rotatable bonds is 4. The molecule has 0 bridgehead atoms. The number of hydrogen-bond donors (Lipinski definition) is 0. The van der Waals surface area contributed by atoms with Gasteiger partial charge in [0.25, 0.3) is 5.69 Å². The van der Waals surface area contributed by atoms with Crippen molar-refractivity contribution in [3.63, 3.8) is 0 Å². The van der Waals surface area contributed by atoms with Gasteiger partial charge in [-0.25, -0.2) is 9.97 Å². The van der Waals surface area contributed by atoms with Gasteiger partial charge in [0.05, 0.1) is 10.5 Å². The number of nitro benzene ring substituents is 1. The van der Waals surface area contributed by atoms with E-state index in [1.54, 1.807) is 6.92 Å². The van der Waals surface area contributed by atoms with E-state index in [0.29, 0.717) is 23.2 Å². The molecular formula is C12H9N3O4. The van der Waals surface area contributed by atoms with Gasteiger partial charge in [0.2, 0.25) is 0 Å². The summed E-state index contributed by atoms with van der Waals surface area (Å²) >= 11 is 0. The van der Waals surface area contributed by atoms with E-state index in [0.717, 1.165) is 0 Å². The van der Waals surface area contributed by atoms with Crippen LogP contribution in [-0.2, 0) is 0 Å². The largest absolute Gasteiger partial charge is 0.424 e. The third-order valence-electron chi connectivity index (χ3n) is 2.35. The van der Waals surface area contributed by atoms with Crippen LogP contribution in [0.25, 0.3) is 0 Å². The minimum atomic E-state index is -0.480. The Morgan fingerprint density at radius 3 is 2.53 bits per heavy atom. The predicted octanol–water partition coefficient (Wildman–Crippen LogP) is 2.30. The maximum atomic E-state index is 10.6. The Kier molecular flexibility index (Phi) is 3.46. The van der Waals surface area contributed by atoms with E-state index in [2.05, 4.69) is 9.97 Å². The molecule has 7 nitrogen and oxygen atoms in total. The zero-order valence-electron chi connectivity index (χ0n) is 9.94. The second-order valence-corrected chi connectivity index (χ2v) is 3.73. The standard InChI is InChI=1S/C12H9N3O4/c1-8-4-10(15(17)18)2-3-11(8)19-12-13-5-9(7-16)6-14-12/h2-7H,1H3. The third-order valence-corrected chi connectivity index (χ3v) is 2.35. The van der Waals surface area contributed by atoms with Crippen LogP contribution in [0.4, 0.5) is 5.69 Å². The van der Waals surface area contributed by atoms with Crippen molar-refractivity contribution in [3.05, 3.63) is 51.8 Å². The highest BCUT2D eigenvalue weighted by molar-refractivity contribution is 5.73. The van der Waals surface area contributed by atoms with Crippen molar-refractivity contribution < 1.29 is 14.5 Å². The summed E-state index contributed by atoms with van der Waals surface area (Å²) in [6, 6.07) is 4.28. The molecular weight excluding hydrogens is 250 g/mol. The normalized spacial score (nSPS) is 9.95. The molecule has 0 aliphatic rings. The summed E-state index contributed by atoms with van der Waals surface area (Å²) in [7, 11) is 0. The van der Waals surface area contributed by atoms with Gasteiger partial charge in [-0.05, 0) is 18.6 Å². The molecule has 96 valence electrons. The lowest BCUT2D eigenvalue weighted by molar-refractivity contribution is -0.384. The van der Waals surface area contributed by atoms with Crippen molar-refractivity contribution in [1.29, 1.82) is 0 Å². The molecule has 0 amide bonds. The summed E-state index contributed by atoms with van der Waals surface area (Å²) in [6.45, 7) is 1.68. The van der Waals surface area contributed by atoms with Crippen molar-refractivity contribution >= 4 is 12.0 Å². The number of non-ortho nitro benzene ring substituents is 1. The molecule has 1 aromatic heterocycles. The van der Waals surface area contributed by atoms with Gasteiger partial charge in [0.15, 0.2) is 6.29 Å². The first-order valence-electron chi connectivity index (χ1n) is 5.30. The van der Waals surface area contributed by atoms with Crippen molar-refractivity contribution in [2.75, 3.05) is 0 Å². The second-order valence-electron chi connectivity index (χ2n) is 3.73. The molecule has 1 aromatic carbocycles. The van der Waals surface area contributed by atoms with Crippen LogP contribution in [-0.4, -0.2) is 21.2 Å². The van der Waals surface area contributed by atoms with Gasteiger partial charge in [-0.2, -0.15) is 0 Å². The summed E-state index contributed by atoms with van der Waals surface area (Å²) in [5.74, 6) is 0.421. The van der Waals surface area contributed by atoms with Gasteiger partial charge in [0, 0.05) is 24.5 Å². The average molecular weight is 259 g/mol. The van der Waals surface area contributed by atoms with Gasteiger partial charge >= 0.3 is 6.01 Å². The highest BCUT2D eigenvalue weighted by Gasteiger charge is 2.10. The maximum absolute atomic E-state index is 10.6. The van der Waals surface area contributed by atoms with Crippen molar-refractivity contribution in [2.45, 2.75) is 6.92 Å². The van der Waals surface area contributed by atoms with Crippen LogP contribution in [0.5, 0.6) is 11.8 Å². The minimum Gasteiger partial charge on any atom is -0.424 e. The molecule has 19 heavy (non-hydrogen) atoms. The Labute approximate surface area is 108 Å². The van der Waals surface area contributed by atoms with Crippen molar-refractivity contribution in [3.8, 4) is 11.8 Å². The first-order chi connectivity index (χ1) is 9.10. The molecule has 0 saturated heterocycles. The van der Waals surface area contributed by atoms with Crippen LogP contribution >= 0.6 is 0 Å². The Morgan fingerprint density at radius 1 is 1.32 bits per heavy atom. The molecule has 0 spiro atoms. The first kappa shape index (κ1) is 12.6. The Hall–Kier alpha value is -2.83. The third kappa shape index (κ3) is 2.89. The van der Waals surface area contributed by atoms with Crippen LogP contribution in [0, 0.1) is 17.0 Å².